The van der Waals surface area contributed by atoms with E-state index >= 15 is 0 Å². The minimum Gasteiger partial charge on any atom is -0.540 e. The van der Waals surface area contributed by atoms with Crippen LogP contribution in [0.2, 0.25) is 0 Å². The smallest absolute Gasteiger partial charge is 0.341 e. The molecule has 1 rings (SSSR count). The highest BCUT2D eigenvalue weighted by Gasteiger charge is 2.08. The van der Waals surface area contributed by atoms with Crippen LogP contribution in [-0.2, 0) is 0 Å². The Morgan fingerprint density at radius 3 is 2.33 bits per heavy atom. The monoisotopic (exact) mass is 179 g/mol. The van der Waals surface area contributed by atoms with Crippen molar-refractivity contribution in [3.63, 3.8) is 0 Å². The van der Waals surface area contributed by atoms with Crippen LogP contribution in [0.15, 0.2) is 6.07 Å². The quantitative estimate of drug-likeness (QED) is 0.666. The minimum absolute atomic E-state index is 0.309. The van der Waals surface area contributed by atoms with Crippen LogP contribution in [0.5, 0.6) is 11.5 Å². The zero-order chi connectivity index (χ0) is 9.30. The second kappa shape index (κ2) is 3.19. The van der Waals surface area contributed by atoms with E-state index in [0.29, 0.717) is 11.5 Å². The first kappa shape index (κ1) is 9.13. The van der Waals surface area contributed by atoms with Gasteiger partial charge in [0.25, 0.3) is 0 Å². The summed E-state index contributed by atoms with van der Waals surface area (Å²) in [4.78, 5) is 0. The van der Waals surface area contributed by atoms with E-state index in [-0.39, 0.29) is 0 Å². The first-order chi connectivity index (χ1) is 5.57. The topological polar surface area (TPSA) is 29.5 Å². The Balaban J connectivity index is 3.39. The van der Waals surface area contributed by atoms with E-state index in [1.165, 1.54) is 0 Å². The Morgan fingerprint density at radius 1 is 1.25 bits per heavy atom. The molecule has 0 spiro atoms. The Bertz CT molecular complexity index is 308. The molecule has 0 aliphatic heterocycles. The van der Waals surface area contributed by atoms with Crippen molar-refractivity contribution < 1.29 is 9.53 Å². The molecule has 0 heterocycles. The van der Waals surface area contributed by atoms with Gasteiger partial charge in [-0.05, 0) is 38.0 Å². The number of hydrogen-bond donors (Lipinski definition) is 1. The molecule has 2 nitrogen and oxygen atoms in total. The summed E-state index contributed by atoms with van der Waals surface area (Å²) in [6.45, 7) is 5.63. The second-order valence-electron chi connectivity index (χ2n) is 2.89. The molecule has 0 saturated carbocycles. The maximum absolute atomic E-state index is 9.60. The summed E-state index contributed by atoms with van der Waals surface area (Å²) < 4.78 is 4.91. The summed E-state index contributed by atoms with van der Waals surface area (Å²) in [7, 11) is 2.94. The van der Waals surface area contributed by atoms with E-state index in [9.17, 15) is 5.11 Å². The molecule has 1 aromatic carbocycles. The third-order valence-corrected chi connectivity index (χ3v) is 2.35. The van der Waals surface area contributed by atoms with Crippen molar-refractivity contribution in [3.05, 3.63) is 22.8 Å². The maximum Gasteiger partial charge on any atom is 0.341 e. The molecule has 1 N–H and O–H groups in total. The van der Waals surface area contributed by atoms with E-state index in [4.69, 9.17) is 4.43 Å². The molecular formula is C9H11O2Si. The average Bonchev–Trinajstić information content (AvgIpc) is 2.08. The first-order valence-electron chi connectivity index (χ1n) is 3.71. The molecule has 12 heavy (non-hydrogen) atoms. The molecule has 0 atom stereocenters. The largest absolute Gasteiger partial charge is 0.540 e. The summed E-state index contributed by atoms with van der Waals surface area (Å²) in [6, 6.07) is 1.89. The average molecular weight is 179 g/mol. The lowest BCUT2D eigenvalue weighted by Crippen LogP contribution is -1.93. The van der Waals surface area contributed by atoms with Gasteiger partial charge >= 0.3 is 10.5 Å². The van der Waals surface area contributed by atoms with Gasteiger partial charge in [-0.3, -0.25) is 0 Å². The summed E-state index contributed by atoms with van der Waals surface area (Å²) in [5.74, 6) is 0.968. The van der Waals surface area contributed by atoms with Crippen LogP contribution < -0.4 is 4.43 Å². The third kappa shape index (κ3) is 1.32. The van der Waals surface area contributed by atoms with Crippen molar-refractivity contribution in [3.8, 4) is 11.5 Å². The highest BCUT2D eigenvalue weighted by atomic mass is 28.2. The zero-order valence-corrected chi connectivity index (χ0v) is 8.43. The minimum atomic E-state index is 0.309. The van der Waals surface area contributed by atoms with Gasteiger partial charge in [0.15, 0.2) is 0 Å². The molecule has 0 bridgehead atoms. The SMILES string of the molecule is Cc1cc(O[Si])c(C)c(O)c1C. The van der Waals surface area contributed by atoms with Crippen LogP contribution in [0.25, 0.3) is 0 Å². The van der Waals surface area contributed by atoms with Gasteiger partial charge in [-0.2, -0.15) is 0 Å². The summed E-state index contributed by atoms with van der Waals surface area (Å²) in [5, 5.41) is 9.60. The molecule has 63 valence electrons. The standard InChI is InChI=1S/C9H11O2Si/c1-5-4-8(11-12)7(3)9(10)6(5)2/h4,10H,1-3H3. The van der Waals surface area contributed by atoms with E-state index in [1.54, 1.807) is 0 Å². The van der Waals surface area contributed by atoms with Gasteiger partial charge in [0.05, 0.1) is 0 Å². The predicted octanol–water partition coefficient (Wildman–Crippen LogP) is 1.78. The molecule has 0 aliphatic carbocycles. The summed E-state index contributed by atoms with van der Waals surface area (Å²) >= 11 is 0. The van der Waals surface area contributed by atoms with Crippen LogP contribution in [0.4, 0.5) is 0 Å². The van der Waals surface area contributed by atoms with Crippen molar-refractivity contribution in [2.24, 2.45) is 0 Å². The highest BCUT2D eigenvalue weighted by molar-refractivity contribution is 6.00. The Labute approximate surface area is 75.7 Å². The zero-order valence-electron chi connectivity index (χ0n) is 7.43. The van der Waals surface area contributed by atoms with Crippen molar-refractivity contribution in [2.45, 2.75) is 20.8 Å². The van der Waals surface area contributed by atoms with E-state index < -0.39 is 0 Å². The summed E-state index contributed by atoms with van der Waals surface area (Å²) in [6.07, 6.45) is 0. The lowest BCUT2D eigenvalue weighted by molar-refractivity contribution is 0.461. The van der Waals surface area contributed by atoms with Crippen molar-refractivity contribution in [1.82, 2.24) is 0 Å². The molecule has 3 radical (unpaired) electrons. The van der Waals surface area contributed by atoms with Gasteiger partial charge in [-0.25, -0.2) is 0 Å². The molecule has 0 aliphatic rings. The number of hydrogen-bond acceptors (Lipinski definition) is 2. The van der Waals surface area contributed by atoms with Gasteiger partial charge in [0.2, 0.25) is 0 Å². The Kier molecular flexibility index (Phi) is 2.42. The van der Waals surface area contributed by atoms with E-state index in [1.807, 2.05) is 26.8 Å². The van der Waals surface area contributed by atoms with E-state index in [2.05, 4.69) is 10.5 Å². The fourth-order valence-corrected chi connectivity index (χ4v) is 1.32. The van der Waals surface area contributed by atoms with Gasteiger partial charge < -0.3 is 9.53 Å². The molecule has 3 heteroatoms. The van der Waals surface area contributed by atoms with Gasteiger partial charge in [0, 0.05) is 5.56 Å². The Morgan fingerprint density at radius 2 is 1.83 bits per heavy atom. The lowest BCUT2D eigenvalue weighted by Gasteiger charge is -2.11. The number of phenolic OH excluding ortho intramolecular Hbond substituents is 1. The first-order valence-corrected chi connectivity index (χ1v) is 4.12. The normalized spacial score (nSPS) is 10.0. The van der Waals surface area contributed by atoms with E-state index in [0.717, 1.165) is 16.7 Å². The molecule has 0 saturated heterocycles. The second-order valence-corrected chi connectivity index (χ2v) is 3.10. The fraction of sp³-hybridized carbons (Fsp3) is 0.333. The van der Waals surface area contributed by atoms with Gasteiger partial charge in [0.1, 0.15) is 11.5 Å². The predicted molar refractivity (Wildman–Crippen MR) is 48.7 cm³/mol. The van der Waals surface area contributed by atoms with Crippen molar-refractivity contribution in [2.75, 3.05) is 0 Å². The number of aromatic hydroxyl groups is 1. The highest BCUT2D eigenvalue weighted by Crippen LogP contribution is 2.32. The van der Waals surface area contributed by atoms with Crippen molar-refractivity contribution >= 4 is 10.5 Å². The molecular weight excluding hydrogens is 168 g/mol. The van der Waals surface area contributed by atoms with Crippen LogP contribution in [0.1, 0.15) is 16.7 Å². The molecule has 1 aromatic rings. The Hall–Kier alpha value is -0.963. The van der Waals surface area contributed by atoms with Crippen LogP contribution in [0, 0.1) is 20.8 Å². The molecule has 0 fully saturated rings. The van der Waals surface area contributed by atoms with Crippen LogP contribution in [0.3, 0.4) is 0 Å². The molecule has 0 amide bonds. The maximum atomic E-state index is 9.60. The number of benzene rings is 1. The lowest BCUT2D eigenvalue weighted by atomic mass is 10.0. The number of rotatable bonds is 1. The van der Waals surface area contributed by atoms with Gasteiger partial charge in [-0.1, -0.05) is 0 Å². The number of phenols is 1. The van der Waals surface area contributed by atoms with Gasteiger partial charge in [-0.15, -0.1) is 0 Å². The molecule has 0 unspecified atom stereocenters. The summed E-state index contributed by atoms with van der Waals surface area (Å²) in [5.41, 5.74) is 2.68. The van der Waals surface area contributed by atoms with Crippen molar-refractivity contribution in [1.29, 1.82) is 0 Å². The fourth-order valence-electron chi connectivity index (χ4n) is 1.10. The van der Waals surface area contributed by atoms with Crippen LogP contribution in [-0.4, -0.2) is 15.6 Å². The third-order valence-electron chi connectivity index (χ3n) is 2.13. The number of aryl methyl sites for hydroxylation is 1. The molecule has 0 aromatic heterocycles. The van der Waals surface area contributed by atoms with Crippen LogP contribution >= 0.6 is 0 Å².